The zero-order chi connectivity index (χ0) is 18.5. The van der Waals surface area contributed by atoms with Crippen molar-refractivity contribution in [2.24, 2.45) is 7.05 Å². The summed E-state index contributed by atoms with van der Waals surface area (Å²) >= 11 is 1.49. The summed E-state index contributed by atoms with van der Waals surface area (Å²) in [5.41, 5.74) is 2.44. The van der Waals surface area contributed by atoms with Crippen molar-refractivity contribution in [2.45, 2.75) is 39.0 Å². The van der Waals surface area contributed by atoms with Gasteiger partial charge in [-0.05, 0) is 43.7 Å². The van der Waals surface area contributed by atoms with Crippen molar-refractivity contribution in [2.75, 3.05) is 11.9 Å². The molecule has 0 aliphatic heterocycles. The number of carbonyl (C=O) groups is 2. The minimum atomic E-state index is -0.335. The molecule has 1 aliphatic rings. The summed E-state index contributed by atoms with van der Waals surface area (Å²) in [4.78, 5) is 26.0. The van der Waals surface area contributed by atoms with Gasteiger partial charge in [0.2, 0.25) is 5.91 Å². The summed E-state index contributed by atoms with van der Waals surface area (Å²) < 4.78 is 7.02. The first kappa shape index (κ1) is 18.4. The molecule has 0 saturated heterocycles. The number of nitrogens with one attached hydrogen (secondary N) is 1. The van der Waals surface area contributed by atoms with Crippen LogP contribution in [0.25, 0.3) is 6.08 Å². The van der Waals surface area contributed by atoms with Crippen LogP contribution in [0.2, 0.25) is 0 Å². The van der Waals surface area contributed by atoms with Gasteiger partial charge in [0.1, 0.15) is 5.00 Å². The summed E-state index contributed by atoms with van der Waals surface area (Å²) in [6, 6.07) is 0. The maximum absolute atomic E-state index is 12.5. The molecule has 0 saturated carbocycles. The van der Waals surface area contributed by atoms with Gasteiger partial charge in [-0.2, -0.15) is 5.10 Å². The number of anilines is 1. The van der Waals surface area contributed by atoms with Gasteiger partial charge in [0.15, 0.2) is 0 Å². The molecule has 0 bridgehead atoms. The van der Waals surface area contributed by atoms with Crippen molar-refractivity contribution in [3.05, 3.63) is 40.0 Å². The highest BCUT2D eigenvalue weighted by atomic mass is 32.1. The number of carbonyl (C=O) groups excluding carboxylic acids is 2. The van der Waals surface area contributed by atoms with Gasteiger partial charge in [-0.25, -0.2) is 4.79 Å². The van der Waals surface area contributed by atoms with E-state index in [1.54, 1.807) is 17.0 Å². The molecular weight excluding hydrogens is 350 g/mol. The Morgan fingerprint density at radius 3 is 2.92 bits per heavy atom. The minimum absolute atomic E-state index is 0.267. The number of amides is 1. The van der Waals surface area contributed by atoms with Crippen molar-refractivity contribution in [3.8, 4) is 0 Å². The van der Waals surface area contributed by atoms with Gasteiger partial charge in [-0.15, -0.1) is 11.3 Å². The van der Waals surface area contributed by atoms with E-state index in [1.807, 2.05) is 20.2 Å². The monoisotopic (exact) mass is 373 g/mol. The van der Waals surface area contributed by atoms with Gasteiger partial charge in [-0.1, -0.05) is 6.92 Å². The molecular formula is C19H23N3O3S. The van der Waals surface area contributed by atoms with Crippen LogP contribution in [-0.2, 0) is 29.4 Å². The number of aryl methyl sites for hydroxylation is 2. The maximum Gasteiger partial charge on any atom is 0.341 e. The standard InChI is InChI=1S/C19H23N3O3S/c1-3-10-25-19(24)17-14-6-4-5-7-15(14)26-18(17)21-16(23)9-8-13-11-20-22(2)12-13/h8-9,11-12H,3-7,10H2,1-2H3,(H,21,23)/b9-8+. The molecule has 2 heterocycles. The number of aromatic nitrogens is 2. The van der Waals surface area contributed by atoms with E-state index in [-0.39, 0.29) is 11.9 Å². The minimum Gasteiger partial charge on any atom is -0.462 e. The molecule has 0 spiro atoms. The number of thiophene rings is 1. The predicted octanol–water partition coefficient (Wildman–Crippen LogP) is 3.58. The normalized spacial score (nSPS) is 13.6. The van der Waals surface area contributed by atoms with Crippen molar-refractivity contribution in [1.29, 1.82) is 0 Å². The molecule has 1 aliphatic carbocycles. The summed E-state index contributed by atoms with van der Waals surface area (Å²) in [5, 5.41) is 7.53. The first-order chi connectivity index (χ1) is 12.6. The summed E-state index contributed by atoms with van der Waals surface area (Å²) in [7, 11) is 1.82. The zero-order valence-corrected chi connectivity index (χ0v) is 15.9. The number of ether oxygens (including phenoxy) is 1. The van der Waals surface area contributed by atoms with Crippen LogP contribution in [0.15, 0.2) is 18.5 Å². The summed E-state index contributed by atoms with van der Waals surface area (Å²) in [6.45, 7) is 2.35. The summed E-state index contributed by atoms with van der Waals surface area (Å²) in [6.07, 6.45) is 11.4. The van der Waals surface area contributed by atoms with E-state index in [4.69, 9.17) is 4.74 Å². The third-order valence-corrected chi connectivity index (χ3v) is 5.41. The van der Waals surface area contributed by atoms with Crippen LogP contribution < -0.4 is 5.32 Å². The second-order valence-electron chi connectivity index (χ2n) is 6.32. The quantitative estimate of drug-likeness (QED) is 0.620. The number of rotatable bonds is 6. The SMILES string of the molecule is CCCOC(=O)c1c(NC(=O)/C=C/c2cnn(C)c2)sc2c1CCCC2. The average Bonchev–Trinajstić information content (AvgIpc) is 3.20. The number of hydrogen-bond acceptors (Lipinski definition) is 5. The molecule has 0 radical (unpaired) electrons. The third-order valence-electron chi connectivity index (χ3n) is 4.20. The molecule has 0 aromatic carbocycles. The van der Waals surface area contributed by atoms with Crippen molar-refractivity contribution < 1.29 is 14.3 Å². The van der Waals surface area contributed by atoms with Gasteiger partial charge >= 0.3 is 5.97 Å². The van der Waals surface area contributed by atoms with Gasteiger partial charge in [0.05, 0.1) is 18.4 Å². The topological polar surface area (TPSA) is 73.2 Å². The lowest BCUT2D eigenvalue weighted by atomic mass is 9.95. The van der Waals surface area contributed by atoms with E-state index in [1.165, 1.54) is 22.3 Å². The third kappa shape index (κ3) is 4.22. The fourth-order valence-corrected chi connectivity index (χ4v) is 4.27. The Morgan fingerprint density at radius 1 is 1.38 bits per heavy atom. The first-order valence-electron chi connectivity index (χ1n) is 8.88. The number of fused-ring (bicyclic) bond motifs is 1. The van der Waals surface area contributed by atoms with Gasteiger partial charge in [0, 0.05) is 29.8 Å². The Morgan fingerprint density at radius 2 is 2.19 bits per heavy atom. The highest BCUT2D eigenvalue weighted by Crippen LogP contribution is 2.38. The van der Waals surface area contributed by atoms with E-state index < -0.39 is 0 Å². The molecule has 6 nitrogen and oxygen atoms in total. The molecule has 1 N–H and O–H groups in total. The Hall–Kier alpha value is -2.41. The molecule has 2 aromatic rings. The van der Waals surface area contributed by atoms with Crippen molar-refractivity contribution in [3.63, 3.8) is 0 Å². The Balaban J connectivity index is 1.79. The number of hydrogen-bond donors (Lipinski definition) is 1. The van der Waals surface area contributed by atoms with E-state index in [0.717, 1.165) is 43.2 Å². The van der Waals surface area contributed by atoms with E-state index in [2.05, 4.69) is 10.4 Å². The summed E-state index contributed by atoms with van der Waals surface area (Å²) in [5.74, 6) is -0.602. The maximum atomic E-state index is 12.5. The van der Waals surface area contributed by atoms with Gasteiger partial charge in [-0.3, -0.25) is 9.48 Å². The smallest absolute Gasteiger partial charge is 0.341 e. The molecule has 3 rings (SSSR count). The van der Waals surface area contributed by atoms with Crippen LogP contribution in [0.4, 0.5) is 5.00 Å². The highest BCUT2D eigenvalue weighted by Gasteiger charge is 2.27. The second-order valence-corrected chi connectivity index (χ2v) is 7.43. The fraction of sp³-hybridized carbons (Fsp3) is 0.421. The Labute approximate surface area is 156 Å². The number of esters is 1. The van der Waals surface area contributed by atoms with Gasteiger partial charge < -0.3 is 10.1 Å². The lowest BCUT2D eigenvalue weighted by Gasteiger charge is -2.12. The van der Waals surface area contributed by atoms with Crippen molar-refractivity contribution in [1.82, 2.24) is 9.78 Å². The predicted molar refractivity (Wildman–Crippen MR) is 102 cm³/mol. The molecule has 138 valence electrons. The fourth-order valence-electron chi connectivity index (χ4n) is 2.99. The molecule has 0 atom stereocenters. The molecule has 0 unspecified atom stereocenters. The van der Waals surface area contributed by atoms with E-state index in [9.17, 15) is 9.59 Å². The van der Waals surface area contributed by atoms with E-state index in [0.29, 0.717) is 17.2 Å². The van der Waals surface area contributed by atoms with Crippen LogP contribution in [0, 0.1) is 0 Å². The van der Waals surface area contributed by atoms with Crippen molar-refractivity contribution >= 4 is 34.3 Å². The second kappa shape index (κ2) is 8.31. The van der Waals surface area contributed by atoms with Crippen LogP contribution in [0.3, 0.4) is 0 Å². The van der Waals surface area contributed by atoms with Crippen LogP contribution >= 0.6 is 11.3 Å². The van der Waals surface area contributed by atoms with E-state index >= 15 is 0 Å². The molecule has 26 heavy (non-hydrogen) atoms. The number of nitrogens with zero attached hydrogens (tertiary/aromatic N) is 2. The Bertz CT molecular complexity index is 835. The zero-order valence-electron chi connectivity index (χ0n) is 15.1. The largest absolute Gasteiger partial charge is 0.462 e. The molecule has 2 aromatic heterocycles. The highest BCUT2D eigenvalue weighted by molar-refractivity contribution is 7.17. The molecule has 0 fully saturated rings. The van der Waals surface area contributed by atoms with Gasteiger partial charge in [0.25, 0.3) is 0 Å². The van der Waals surface area contributed by atoms with Crippen LogP contribution in [0.1, 0.15) is 52.5 Å². The lowest BCUT2D eigenvalue weighted by Crippen LogP contribution is -2.14. The first-order valence-corrected chi connectivity index (χ1v) is 9.69. The Kier molecular flexibility index (Phi) is 5.88. The molecule has 1 amide bonds. The lowest BCUT2D eigenvalue weighted by molar-refractivity contribution is -0.111. The van der Waals surface area contributed by atoms with Crippen LogP contribution in [-0.4, -0.2) is 28.3 Å². The molecule has 7 heteroatoms. The average molecular weight is 373 g/mol. The van der Waals surface area contributed by atoms with Crippen LogP contribution in [0.5, 0.6) is 0 Å².